The molecule has 3 aromatic rings. The Labute approximate surface area is 191 Å². The molecule has 0 saturated carbocycles. The van der Waals surface area contributed by atoms with E-state index >= 15 is 0 Å². The molecule has 0 aliphatic heterocycles. The number of sulfonamides is 1. The van der Waals surface area contributed by atoms with E-state index in [1.54, 1.807) is 0 Å². The average Bonchev–Trinajstić information content (AvgIpc) is 2.79. The summed E-state index contributed by atoms with van der Waals surface area (Å²) in [5.41, 5.74) is 0. The van der Waals surface area contributed by atoms with Gasteiger partial charge in [0.25, 0.3) is 0 Å². The molecule has 0 aliphatic rings. The van der Waals surface area contributed by atoms with Gasteiger partial charge in [-0.15, -0.1) is 0 Å². The van der Waals surface area contributed by atoms with Crippen molar-refractivity contribution in [1.29, 1.82) is 0 Å². The van der Waals surface area contributed by atoms with Crippen LogP contribution in [0.25, 0.3) is 10.8 Å². The number of ether oxygens (including phenoxy) is 1. The minimum absolute atomic E-state index is 0.197. The van der Waals surface area contributed by atoms with E-state index in [2.05, 4.69) is 10.0 Å². The van der Waals surface area contributed by atoms with Crippen LogP contribution in [0, 0.1) is 5.82 Å². The van der Waals surface area contributed by atoms with Gasteiger partial charge in [0.05, 0.1) is 6.54 Å². The number of rotatable bonds is 11. The van der Waals surface area contributed by atoms with Crippen molar-refractivity contribution in [2.75, 3.05) is 25.2 Å². The molecule has 0 bridgehead atoms. The minimum Gasteiger partial charge on any atom is -0.492 e. The smallest absolute Gasteiger partial charge is 0.244 e. The van der Waals surface area contributed by atoms with Gasteiger partial charge in [-0.25, -0.2) is 12.8 Å². The van der Waals surface area contributed by atoms with Crippen LogP contribution in [-0.4, -0.2) is 45.5 Å². The monoisotopic (exact) mass is 476 g/mol. The van der Waals surface area contributed by atoms with Crippen LogP contribution in [0.2, 0.25) is 0 Å². The average molecular weight is 477 g/mol. The van der Waals surface area contributed by atoms with Crippen molar-refractivity contribution in [1.82, 2.24) is 10.0 Å². The summed E-state index contributed by atoms with van der Waals surface area (Å²) in [7, 11) is -4.19. The summed E-state index contributed by atoms with van der Waals surface area (Å²) in [6, 6.07) is 17.7. The minimum atomic E-state index is -4.19. The molecule has 170 valence electrons. The van der Waals surface area contributed by atoms with Crippen LogP contribution in [0.1, 0.15) is 6.42 Å². The molecule has 0 fully saturated rings. The van der Waals surface area contributed by atoms with Crippen molar-refractivity contribution < 1.29 is 22.3 Å². The molecule has 0 aliphatic carbocycles. The fourth-order valence-corrected chi connectivity index (χ4v) is 4.90. The summed E-state index contributed by atoms with van der Waals surface area (Å²) in [4.78, 5) is 12.1. The maximum absolute atomic E-state index is 14.0. The highest BCUT2D eigenvalue weighted by Crippen LogP contribution is 2.20. The third-order valence-electron chi connectivity index (χ3n) is 4.74. The van der Waals surface area contributed by atoms with Gasteiger partial charge in [0.1, 0.15) is 29.1 Å². The van der Waals surface area contributed by atoms with Gasteiger partial charge in [-0.2, -0.15) is 16.5 Å². The molecule has 1 amide bonds. The first kappa shape index (κ1) is 24.0. The normalized spacial score (nSPS) is 12.4. The Morgan fingerprint density at radius 1 is 1.06 bits per heavy atom. The quantitative estimate of drug-likeness (QED) is 0.414. The lowest BCUT2D eigenvalue weighted by Crippen LogP contribution is -2.47. The number of halogens is 1. The van der Waals surface area contributed by atoms with Crippen molar-refractivity contribution in [2.45, 2.75) is 17.4 Å². The van der Waals surface area contributed by atoms with Crippen molar-refractivity contribution in [2.24, 2.45) is 0 Å². The molecule has 0 heterocycles. The van der Waals surface area contributed by atoms with E-state index in [1.165, 1.54) is 30.0 Å². The molecule has 0 spiro atoms. The summed E-state index contributed by atoms with van der Waals surface area (Å²) < 4.78 is 47.2. The highest BCUT2D eigenvalue weighted by Gasteiger charge is 2.27. The highest BCUT2D eigenvalue weighted by atomic mass is 32.2. The number of fused-ring (bicyclic) bond motifs is 1. The van der Waals surface area contributed by atoms with E-state index < -0.39 is 32.7 Å². The Morgan fingerprint density at radius 2 is 1.78 bits per heavy atom. The van der Waals surface area contributed by atoms with E-state index in [0.29, 0.717) is 11.5 Å². The fraction of sp³-hybridized carbons (Fsp3) is 0.261. The Bertz CT molecular complexity index is 1170. The third kappa shape index (κ3) is 6.44. The maximum Gasteiger partial charge on any atom is 0.244 e. The van der Waals surface area contributed by atoms with Gasteiger partial charge in [-0.05, 0) is 53.5 Å². The lowest BCUT2D eigenvalue weighted by atomic mass is 10.1. The molecule has 3 aromatic carbocycles. The van der Waals surface area contributed by atoms with Gasteiger partial charge >= 0.3 is 0 Å². The van der Waals surface area contributed by atoms with Crippen LogP contribution in [-0.2, 0) is 14.8 Å². The van der Waals surface area contributed by atoms with Crippen molar-refractivity contribution in [3.05, 3.63) is 72.5 Å². The van der Waals surface area contributed by atoms with E-state index in [4.69, 9.17) is 4.74 Å². The maximum atomic E-state index is 14.0. The Kier molecular flexibility index (Phi) is 8.49. The summed E-state index contributed by atoms with van der Waals surface area (Å²) in [6.07, 6.45) is 2.13. The molecular formula is C23H25FN2O4S2. The van der Waals surface area contributed by atoms with Crippen molar-refractivity contribution in [3.8, 4) is 5.75 Å². The van der Waals surface area contributed by atoms with Gasteiger partial charge in [0, 0.05) is 0 Å². The van der Waals surface area contributed by atoms with Crippen LogP contribution in [0.15, 0.2) is 71.6 Å². The van der Waals surface area contributed by atoms with E-state index in [0.717, 1.165) is 16.8 Å². The first-order valence-electron chi connectivity index (χ1n) is 10.1. The molecule has 1 atom stereocenters. The highest BCUT2D eigenvalue weighted by molar-refractivity contribution is 7.98. The Morgan fingerprint density at radius 3 is 2.53 bits per heavy atom. The van der Waals surface area contributed by atoms with Crippen molar-refractivity contribution >= 4 is 38.5 Å². The number of carbonyl (C=O) groups is 1. The molecule has 32 heavy (non-hydrogen) atoms. The second-order valence-electron chi connectivity index (χ2n) is 7.03. The Balaban J connectivity index is 1.57. The topological polar surface area (TPSA) is 84.5 Å². The molecule has 6 nitrogen and oxygen atoms in total. The van der Waals surface area contributed by atoms with Crippen LogP contribution in [0.3, 0.4) is 0 Å². The molecule has 2 N–H and O–H groups in total. The number of amides is 1. The summed E-state index contributed by atoms with van der Waals surface area (Å²) >= 11 is 1.49. The van der Waals surface area contributed by atoms with E-state index in [1.807, 2.05) is 48.7 Å². The van der Waals surface area contributed by atoms with Gasteiger partial charge in [-0.3, -0.25) is 4.79 Å². The lowest BCUT2D eigenvalue weighted by molar-refractivity contribution is -0.122. The fourth-order valence-electron chi connectivity index (χ4n) is 3.12. The molecule has 0 radical (unpaired) electrons. The van der Waals surface area contributed by atoms with Gasteiger partial charge in [-0.1, -0.05) is 42.5 Å². The summed E-state index contributed by atoms with van der Waals surface area (Å²) in [6.45, 7) is 0.419. The molecule has 9 heteroatoms. The second-order valence-corrected chi connectivity index (χ2v) is 9.70. The van der Waals surface area contributed by atoms with Crippen LogP contribution in [0.5, 0.6) is 5.75 Å². The second kappa shape index (κ2) is 11.3. The number of hydrogen-bond acceptors (Lipinski definition) is 5. The van der Waals surface area contributed by atoms with E-state index in [-0.39, 0.29) is 19.6 Å². The molecule has 1 unspecified atom stereocenters. The van der Waals surface area contributed by atoms with Gasteiger partial charge in [0.15, 0.2) is 0 Å². The largest absolute Gasteiger partial charge is 0.492 e. The predicted molar refractivity (Wildman–Crippen MR) is 126 cm³/mol. The summed E-state index contributed by atoms with van der Waals surface area (Å²) in [5, 5.41) is 4.85. The number of nitrogens with one attached hydrogen (secondary N) is 2. The lowest BCUT2D eigenvalue weighted by Gasteiger charge is -2.18. The van der Waals surface area contributed by atoms with E-state index in [9.17, 15) is 17.6 Å². The molecule has 0 aromatic heterocycles. The summed E-state index contributed by atoms with van der Waals surface area (Å²) in [5.74, 6) is -0.114. The number of thioether (sulfide) groups is 1. The van der Waals surface area contributed by atoms with Crippen LogP contribution >= 0.6 is 11.8 Å². The zero-order valence-electron chi connectivity index (χ0n) is 17.6. The molecule has 3 rings (SSSR count). The third-order valence-corrected chi connectivity index (χ3v) is 6.89. The standard InChI is InChI=1S/C23H25FN2O4S2/c1-31-15-12-21(26-32(28,29)22-9-5-4-8-20(22)24)23(27)25-13-14-30-19-11-10-17-6-2-3-7-18(17)16-19/h2-11,16,21,26H,12-15H2,1H3,(H,25,27). The van der Waals surface area contributed by atoms with Crippen LogP contribution in [0.4, 0.5) is 4.39 Å². The number of hydrogen-bond donors (Lipinski definition) is 2. The SMILES string of the molecule is CSCCC(NS(=O)(=O)c1ccccc1F)C(=O)NCCOc1ccc2ccccc2c1. The van der Waals surface area contributed by atoms with Gasteiger partial charge < -0.3 is 10.1 Å². The zero-order chi connectivity index (χ0) is 23.0. The molecular weight excluding hydrogens is 451 g/mol. The number of carbonyl (C=O) groups excluding carboxylic acids is 1. The van der Waals surface area contributed by atoms with Crippen molar-refractivity contribution in [3.63, 3.8) is 0 Å². The van der Waals surface area contributed by atoms with Crippen LogP contribution < -0.4 is 14.8 Å². The Hall–Kier alpha value is -2.62. The first-order valence-corrected chi connectivity index (χ1v) is 12.9. The zero-order valence-corrected chi connectivity index (χ0v) is 19.2. The first-order chi connectivity index (χ1) is 15.4. The predicted octanol–water partition coefficient (Wildman–Crippen LogP) is 3.57. The van der Waals surface area contributed by atoms with Gasteiger partial charge in [0.2, 0.25) is 15.9 Å². The number of benzene rings is 3. The molecule has 0 saturated heterocycles.